The lowest BCUT2D eigenvalue weighted by Crippen LogP contribution is -2.38. The minimum Gasteiger partial charge on any atom is -0.338 e. The number of aromatic nitrogens is 1. The number of rotatable bonds is 2. The molecule has 1 aromatic heterocycles. The molecular formula is C13H18N2OS. The molecule has 1 atom stereocenters. The summed E-state index contributed by atoms with van der Waals surface area (Å²) in [6.45, 7) is 9.34. The molecule has 92 valence electrons. The van der Waals surface area contributed by atoms with E-state index in [0.29, 0.717) is 5.92 Å². The summed E-state index contributed by atoms with van der Waals surface area (Å²) in [7, 11) is 0. The molecule has 1 aliphatic heterocycles. The van der Waals surface area contributed by atoms with E-state index in [1.807, 2.05) is 11.8 Å². The van der Waals surface area contributed by atoms with Crippen LogP contribution in [-0.2, 0) is 4.79 Å². The Morgan fingerprint density at radius 3 is 2.94 bits per heavy atom. The summed E-state index contributed by atoms with van der Waals surface area (Å²) in [5.41, 5.74) is 1.12. The van der Waals surface area contributed by atoms with Crippen molar-refractivity contribution in [2.24, 2.45) is 0 Å². The fourth-order valence-corrected chi connectivity index (χ4v) is 3.23. The molecule has 1 fully saturated rings. The van der Waals surface area contributed by atoms with Crippen LogP contribution in [0.1, 0.15) is 34.3 Å². The van der Waals surface area contributed by atoms with E-state index in [2.05, 4.69) is 18.5 Å². The van der Waals surface area contributed by atoms with Crippen LogP contribution in [0.15, 0.2) is 12.7 Å². The molecule has 1 unspecified atom stereocenters. The molecular weight excluding hydrogens is 232 g/mol. The highest BCUT2D eigenvalue weighted by Crippen LogP contribution is 2.31. The van der Waals surface area contributed by atoms with Crippen LogP contribution in [0, 0.1) is 13.8 Å². The fraction of sp³-hybridized carbons (Fsp3) is 0.538. The van der Waals surface area contributed by atoms with Gasteiger partial charge in [-0.15, -0.1) is 11.3 Å². The Hall–Kier alpha value is -1.16. The Morgan fingerprint density at radius 1 is 1.59 bits per heavy atom. The van der Waals surface area contributed by atoms with Crippen molar-refractivity contribution in [3.8, 4) is 0 Å². The summed E-state index contributed by atoms with van der Waals surface area (Å²) in [5, 5.41) is 1.18. The highest BCUT2D eigenvalue weighted by Gasteiger charge is 2.25. The van der Waals surface area contributed by atoms with Crippen molar-refractivity contribution in [2.45, 2.75) is 32.6 Å². The summed E-state index contributed by atoms with van der Waals surface area (Å²) >= 11 is 1.77. The molecule has 2 rings (SSSR count). The third-order valence-electron chi connectivity index (χ3n) is 3.30. The average Bonchev–Trinajstić information content (AvgIpc) is 2.69. The van der Waals surface area contributed by atoms with Gasteiger partial charge in [0.1, 0.15) is 0 Å². The van der Waals surface area contributed by atoms with Gasteiger partial charge in [-0.25, -0.2) is 4.98 Å². The average molecular weight is 250 g/mol. The molecule has 1 aliphatic rings. The van der Waals surface area contributed by atoms with E-state index >= 15 is 0 Å². The maximum atomic E-state index is 11.6. The Kier molecular flexibility index (Phi) is 3.62. The first-order valence-electron chi connectivity index (χ1n) is 5.97. The summed E-state index contributed by atoms with van der Waals surface area (Å²) in [4.78, 5) is 19.4. The largest absolute Gasteiger partial charge is 0.338 e. The van der Waals surface area contributed by atoms with Gasteiger partial charge in [0.25, 0.3) is 0 Å². The first-order chi connectivity index (χ1) is 8.11. The zero-order valence-corrected chi connectivity index (χ0v) is 11.2. The number of amides is 1. The van der Waals surface area contributed by atoms with E-state index in [1.54, 1.807) is 11.3 Å². The number of hydrogen-bond acceptors (Lipinski definition) is 3. The monoisotopic (exact) mass is 250 g/mol. The lowest BCUT2D eigenvalue weighted by atomic mass is 9.98. The van der Waals surface area contributed by atoms with Crippen molar-refractivity contribution in [3.05, 3.63) is 28.2 Å². The van der Waals surface area contributed by atoms with E-state index in [4.69, 9.17) is 0 Å². The van der Waals surface area contributed by atoms with Crippen LogP contribution in [0.5, 0.6) is 0 Å². The maximum absolute atomic E-state index is 11.6. The molecule has 17 heavy (non-hydrogen) atoms. The number of thiazole rings is 1. The fourth-order valence-electron chi connectivity index (χ4n) is 2.18. The van der Waals surface area contributed by atoms with Crippen LogP contribution in [0.3, 0.4) is 0 Å². The standard InChI is InChI=1S/C13H18N2OS/c1-4-12(16)15-7-5-6-11(8-15)13-14-9(2)10(3)17-13/h4,11H,1,5-8H2,2-3H3. The number of hydrogen-bond donors (Lipinski definition) is 0. The van der Waals surface area contributed by atoms with E-state index in [0.717, 1.165) is 31.6 Å². The van der Waals surface area contributed by atoms with E-state index < -0.39 is 0 Å². The molecule has 1 saturated heterocycles. The number of carbonyl (C=O) groups is 1. The number of nitrogens with zero attached hydrogens (tertiary/aromatic N) is 2. The van der Waals surface area contributed by atoms with Crippen LogP contribution in [0.2, 0.25) is 0 Å². The topological polar surface area (TPSA) is 33.2 Å². The molecule has 1 aromatic rings. The summed E-state index contributed by atoms with van der Waals surface area (Å²) in [6.07, 6.45) is 3.59. The van der Waals surface area contributed by atoms with Crippen LogP contribution in [-0.4, -0.2) is 28.9 Å². The van der Waals surface area contributed by atoms with Gasteiger partial charge in [-0.05, 0) is 32.8 Å². The highest BCUT2D eigenvalue weighted by molar-refractivity contribution is 7.11. The molecule has 0 aliphatic carbocycles. The van der Waals surface area contributed by atoms with Gasteiger partial charge in [0.15, 0.2) is 0 Å². The molecule has 0 saturated carbocycles. The Labute approximate surface area is 106 Å². The summed E-state index contributed by atoms with van der Waals surface area (Å²) < 4.78 is 0. The van der Waals surface area contributed by atoms with Crippen molar-refractivity contribution >= 4 is 17.2 Å². The highest BCUT2D eigenvalue weighted by atomic mass is 32.1. The number of likely N-dealkylation sites (tertiary alicyclic amines) is 1. The molecule has 0 radical (unpaired) electrons. The minimum atomic E-state index is 0.0414. The van der Waals surface area contributed by atoms with Crippen molar-refractivity contribution < 1.29 is 4.79 Å². The van der Waals surface area contributed by atoms with Gasteiger partial charge >= 0.3 is 0 Å². The normalized spacial score (nSPS) is 20.4. The summed E-state index contributed by atoms with van der Waals surface area (Å²) in [5.74, 6) is 0.449. The first kappa shape index (κ1) is 12.3. The zero-order chi connectivity index (χ0) is 12.4. The molecule has 0 aromatic carbocycles. The molecule has 1 amide bonds. The molecule has 0 N–H and O–H groups in total. The molecule has 0 bridgehead atoms. The Bertz CT molecular complexity index is 419. The third kappa shape index (κ3) is 2.57. The van der Waals surface area contributed by atoms with Crippen molar-refractivity contribution in [1.29, 1.82) is 0 Å². The maximum Gasteiger partial charge on any atom is 0.245 e. The molecule has 0 spiro atoms. The van der Waals surface area contributed by atoms with E-state index in [9.17, 15) is 4.79 Å². The second-order valence-electron chi connectivity index (χ2n) is 4.52. The van der Waals surface area contributed by atoms with E-state index in [1.165, 1.54) is 16.0 Å². The zero-order valence-electron chi connectivity index (χ0n) is 10.4. The quantitative estimate of drug-likeness (QED) is 0.756. The Morgan fingerprint density at radius 2 is 2.35 bits per heavy atom. The van der Waals surface area contributed by atoms with Crippen LogP contribution < -0.4 is 0 Å². The van der Waals surface area contributed by atoms with Gasteiger partial charge in [0, 0.05) is 23.9 Å². The van der Waals surface area contributed by atoms with Crippen LogP contribution in [0.25, 0.3) is 0 Å². The smallest absolute Gasteiger partial charge is 0.245 e. The van der Waals surface area contributed by atoms with Gasteiger partial charge in [-0.1, -0.05) is 6.58 Å². The van der Waals surface area contributed by atoms with Gasteiger partial charge in [0.2, 0.25) is 5.91 Å². The van der Waals surface area contributed by atoms with Gasteiger partial charge in [-0.2, -0.15) is 0 Å². The second-order valence-corrected chi connectivity index (χ2v) is 5.76. The molecule has 3 nitrogen and oxygen atoms in total. The van der Waals surface area contributed by atoms with Gasteiger partial charge < -0.3 is 4.90 Å². The van der Waals surface area contributed by atoms with Crippen LogP contribution in [0.4, 0.5) is 0 Å². The summed E-state index contributed by atoms with van der Waals surface area (Å²) in [6, 6.07) is 0. The van der Waals surface area contributed by atoms with Gasteiger partial charge in [-0.3, -0.25) is 4.79 Å². The lowest BCUT2D eigenvalue weighted by Gasteiger charge is -2.31. The van der Waals surface area contributed by atoms with Gasteiger partial charge in [0.05, 0.1) is 10.7 Å². The number of piperidine rings is 1. The SMILES string of the molecule is C=CC(=O)N1CCCC(c2nc(C)c(C)s2)C1. The molecule has 2 heterocycles. The van der Waals surface area contributed by atoms with Crippen molar-refractivity contribution in [2.75, 3.05) is 13.1 Å². The predicted octanol–water partition coefficient (Wildman–Crippen LogP) is 2.65. The van der Waals surface area contributed by atoms with Crippen molar-refractivity contribution in [3.63, 3.8) is 0 Å². The minimum absolute atomic E-state index is 0.0414. The Balaban J connectivity index is 2.11. The first-order valence-corrected chi connectivity index (χ1v) is 6.78. The lowest BCUT2D eigenvalue weighted by molar-refractivity contribution is -0.127. The predicted molar refractivity (Wildman–Crippen MR) is 70.3 cm³/mol. The van der Waals surface area contributed by atoms with Crippen LogP contribution >= 0.6 is 11.3 Å². The molecule has 4 heteroatoms. The van der Waals surface area contributed by atoms with E-state index in [-0.39, 0.29) is 5.91 Å². The second kappa shape index (κ2) is 5.00. The van der Waals surface area contributed by atoms with Crippen molar-refractivity contribution in [1.82, 2.24) is 9.88 Å². The number of aryl methyl sites for hydroxylation is 2. The third-order valence-corrected chi connectivity index (χ3v) is 4.54. The number of carbonyl (C=O) groups excluding carboxylic acids is 1.